The highest BCUT2D eigenvalue weighted by Gasteiger charge is 2.29. The van der Waals surface area contributed by atoms with Crippen LogP contribution in [0.2, 0.25) is 0 Å². The van der Waals surface area contributed by atoms with Crippen molar-refractivity contribution < 1.29 is 42.9 Å². The number of hydrogen-bond donors (Lipinski definition) is 0. The molecule has 0 radical (unpaired) electrons. The Labute approximate surface area is 176 Å². The summed E-state index contributed by atoms with van der Waals surface area (Å²) < 4.78 is 23.9. The summed E-state index contributed by atoms with van der Waals surface area (Å²) in [6, 6.07) is 0. The number of carbonyl (C=O) groups excluding carboxylic acids is 4. The topological polar surface area (TPSA) is 114 Å². The van der Waals surface area contributed by atoms with E-state index in [1.165, 1.54) is 21.3 Å². The Morgan fingerprint density at radius 1 is 1.10 bits per heavy atom. The van der Waals surface area contributed by atoms with Crippen LogP contribution in [0.1, 0.15) is 38.5 Å². The van der Waals surface area contributed by atoms with Crippen LogP contribution < -0.4 is 0 Å². The minimum Gasteiger partial charge on any atom is -0.469 e. The van der Waals surface area contributed by atoms with Crippen LogP contribution in [-0.4, -0.2) is 58.1 Å². The van der Waals surface area contributed by atoms with Crippen molar-refractivity contribution in [2.45, 2.75) is 44.6 Å². The Kier molecular flexibility index (Phi) is 11.7. The zero-order valence-electron chi connectivity index (χ0n) is 17.5. The van der Waals surface area contributed by atoms with Gasteiger partial charge in [0, 0.05) is 25.7 Å². The highest BCUT2D eigenvalue weighted by molar-refractivity contribution is 5.74. The summed E-state index contributed by atoms with van der Waals surface area (Å²) in [4.78, 5) is 46.1. The Morgan fingerprint density at radius 2 is 1.80 bits per heavy atom. The fourth-order valence-electron chi connectivity index (χ4n) is 2.78. The van der Waals surface area contributed by atoms with Gasteiger partial charge in [0.15, 0.2) is 6.10 Å². The van der Waals surface area contributed by atoms with Crippen LogP contribution >= 0.6 is 0 Å². The lowest BCUT2D eigenvalue weighted by Crippen LogP contribution is -2.25. The first-order valence-corrected chi connectivity index (χ1v) is 9.60. The van der Waals surface area contributed by atoms with Crippen LogP contribution in [0.3, 0.4) is 0 Å². The van der Waals surface area contributed by atoms with Crippen molar-refractivity contribution in [2.75, 3.05) is 27.9 Å². The number of esters is 3. The van der Waals surface area contributed by atoms with Gasteiger partial charge in [0.05, 0.1) is 27.2 Å². The van der Waals surface area contributed by atoms with Crippen molar-refractivity contribution in [1.29, 1.82) is 0 Å². The third kappa shape index (κ3) is 9.45. The largest absolute Gasteiger partial charge is 0.509 e. The smallest absolute Gasteiger partial charge is 0.469 e. The van der Waals surface area contributed by atoms with E-state index in [0.29, 0.717) is 19.3 Å². The molecule has 1 saturated heterocycles. The summed E-state index contributed by atoms with van der Waals surface area (Å²) in [5, 5.41) is 0. The van der Waals surface area contributed by atoms with Crippen molar-refractivity contribution >= 4 is 24.1 Å². The molecule has 9 nitrogen and oxygen atoms in total. The van der Waals surface area contributed by atoms with Gasteiger partial charge in [-0.05, 0) is 24.8 Å². The molecule has 3 atom stereocenters. The number of cyclic esters (lactones) is 2. The number of allylic oxidation sites excluding steroid dienone is 1. The van der Waals surface area contributed by atoms with Gasteiger partial charge in [-0.25, -0.2) is 4.79 Å². The predicted octanol–water partition coefficient (Wildman–Crippen LogP) is 2.17. The number of rotatable bonds is 11. The summed E-state index contributed by atoms with van der Waals surface area (Å²) in [5.41, 5.74) is 0. The second-order valence-electron chi connectivity index (χ2n) is 6.50. The molecule has 30 heavy (non-hydrogen) atoms. The van der Waals surface area contributed by atoms with E-state index in [4.69, 9.17) is 14.2 Å². The van der Waals surface area contributed by atoms with E-state index in [9.17, 15) is 19.2 Å². The van der Waals surface area contributed by atoms with Crippen molar-refractivity contribution in [3.05, 3.63) is 12.2 Å². The molecule has 1 rings (SSSR count). The second-order valence-corrected chi connectivity index (χ2v) is 6.50. The molecule has 0 spiro atoms. The van der Waals surface area contributed by atoms with E-state index < -0.39 is 30.1 Å². The first kappa shape index (κ1) is 25.0. The monoisotopic (exact) mass is 424 g/mol. The fourth-order valence-corrected chi connectivity index (χ4v) is 2.78. The van der Waals surface area contributed by atoms with Crippen LogP contribution in [0, 0.1) is 23.7 Å². The van der Waals surface area contributed by atoms with Gasteiger partial charge in [-0.2, -0.15) is 0 Å². The molecule has 1 fully saturated rings. The average Bonchev–Trinajstić information content (AvgIpc) is 3.17. The maximum absolute atomic E-state index is 12.4. The van der Waals surface area contributed by atoms with E-state index in [-0.39, 0.29) is 37.8 Å². The van der Waals surface area contributed by atoms with Crippen molar-refractivity contribution in [3.8, 4) is 11.8 Å². The molecular formula is C21H28O9. The minimum absolute atomic E-state index is 0.0853. The zero-order valence-corrected chi connectivity index (χ0v) is 17.5. The van der Waals surface area contributed by atoms with Gasteiger partial charge in [0.1, 0.15) is 6.61 Å². The van der Waals surface area contributed by atoms with Gasteiger partial charge in [-0.1, -0.05) is 6.08 Å². The SMILES string of the molecule is COC(=O)CCCC#CCC(C(=O)OC)C(/C=C/C1COC(=O)O1)CCC(=O)OC. The van der Waals surface area contributed by atoms with Gasteiger partial charge in [0.2, 0.25) is 0 Å². The summed E-state index contributed by atoms with van der Waals surface area (Å²) in [5.74, 6) is 3.71. The molecule has 1 heterocycles. The van der Waals surface area contributed by atoms with E-state index in [0.717, 1.165) is 0 Å². The molecule has 9 heteroatoms. The molecule has 0 bridgehead atoms. The first-order chi connectivity index (χ1) is 14.4. The first-order valence-electron chi connectivity index (χ1n) is 9.60. The van der Waals surface area contributed by atoms with Crippen LogP contribution in [0.4, 0.5) is 4.79 Å². The lowest BCUT2D eigenvalue weighted by Gasteiger charge is -2.21. The maximum atomic E-state index is 12.4. The summed E-state index contributed by atoms with van der Waals surface area (Å²) >= 11 is 0. The maximum Gasteiger partial charge on any atom is 0.509 e. The molecule has 0 N–H and O–H groups in total. The number of carbonyl (C=O) groups is 4. The lowest BCUT2D eigenvalue weighted by atomic mass is 9.85. The fraction of sp³-hybridized carbons (Fsp3) is 0.619. The Hall–Kier alpha value is -3.02. The second kappa shape index (κ2) is 14.0. The highest BCUT2D eigenvalue weighted by Crippen LogP contribution is 2.25. The standard InChI is InChI=1S/C21H28O9/c1-26-18(22)9-7-5-4-6-8-17(20(24)28-3)15(11-13-19(23)27-2)10-12-16-14-29-21(25)30-16/h10,12,15-17H,5,7-9,11,13-14H2,1-3H3/b12-10+. The molecule has 0 amide bonds. The van der Waals surface area contributed by atoms with E-state index >= 15 is 0 Å². The normalized spacial score (nSPS) is 17.2. The van der Waals surface area contributed by atoms with Crippen molar-refractivity contribution in [3.63, 3.8) is 0 Å². The number of hydrogen-bond acceptors (Lipinski definition) is 9. The van der Waals surface area contributed by atoms with Gasteiger partial charge < -0.3 is 23.7 Å². The molecule has 0 aromatic carbocycles. The predicted molar refractivity (Wildman–Crippen MR) is 104 cm³/mol. The van der Waals surface area contributed by atoms with Gasteiger partial charge in [-0.15, -0.1) is 11.8 Å². The Balaban J connectivity index is 2.81. The van der Waals surface area contributed by atoms with Crippen LogP contribution in [-0.2, 0) is 38.1 Å². The van der Waals surface area contributed by atoms with Gasteiger partial charge in [0.25, 0.3) is 0 Å². The number of unbranched alkanes of at least 4 members (excludes halogenated alkanes) is 1. The van der Waals surface area contributed by atoms with Crippen molar-refractivity contribution in [2.24, 2.45) is 11.8 Å². The third-order valence-electron chi connectivity index (χ3n) is 4.47. The van der Waals surface area contributed by atoms with Crippen LogP contribution in [0.5, 0.6) is 0 Å². The molecular weight excluding hydrogens is 396 g/mol. The molecule has 1 aliphatic heterocycles. The molecule has 166 valence electrons. The van der Waals surface area contributed by atoms with Crippen molar-refractivity contribution in [1.82, 2.24) is 0 Å². The van der Waals surface area contributed by atoms with E-state index in [1.807, 2.05) is 0 Å². The van der Waals surface area contributed by atoms with Gasteiger partial charge in [-0.3, -0.25) is 14.4 Å². The Bertz CT molecular complexity index is 686. The van der Waals surface area contributed by atoms with E-state index in [2.05, 4.69) is 21.3 Å². The number of ether oxygens (including phenoxy) is 5. The van der Waals surface area contributed by atoms with E-state index in [1.54, 1.807) is 12.2 Å². The highest BCUT2D eigenvalue weighted by atomic mass is 16.8. The molecule has 0 saturated carbocycles. The van der Waals surface area contributed by atoms with Crippen LogP contribution in [0.25, 0.3) is 0 Å². The van der Waals surface area contributed by atoms with Crippen LogP contribution in [0.15, 0.2) is 12.2 Å². The molecule has 0 aromatic heterocycles. The third-order valence-corrected chi connectivity index (χ3v) is 4.47. The zero-order chi connectivity index (χ0) is 22.4. The summed E-state index contributed by atoms with van der Waals surface area (Å²) in [7, 11) is 3.91. The molecule has 0 aliphatic carbocycles. The molecule has 0 aromatic rings. The lowest BCUT2D eigenvalue weighted by molar-refractivity contribution is -0.147. The summed E-state index contributed by atoms with van der Waals surface area (Å²) in [6.07, 6.45) is 4.01. The average molecular weight is 424 g/mol. The quantitative estimate of drug-likeness (QED) is 0.162. The number of methoxy groups -OCH3 is 3. The molecule has 3 unspecified atom stereocenters. The Morgan fingerprint density at radius 3 is 2.40 bits per heavy atom. The molecule has 1 aliphatic rings. The summed E-state index contributed by atoms with van der Waals surface area (Å²) in [6.45, 7) is 0.0853. The minimum atomic E-state index is -0.752. The van der Waals surface area contributed by atoms with Gasteiger partial charge >= 0.3 is 24.1 Å².